The van der Waals surface area contributed by atoms with Gasteiger partial charge in [-0.2, -0.15) is 0 Å². The van der Waals surface area contributed by atoms with Crippen LogP contribution in [0.1, 0.15) is 18.9 Å². The molecule has 1 N–H and O–H groups in total. The van der Waals surface area contributed by atoms with Gasteiger partial charge in [-0.25, -0.2) is 4.79 Å². The third kappa shape index (κ3) is 3.79. The molecule has 1 saturated heterocycles. The van der Waals surface area contributed by atoms with Crippen molar-refractivity contribution < 1.29 is 19.1 Å². The number of rotatable bonds is 7. The summed E-state index contributed by atoms with van der Waals surface area (Å²) in [7, 11) is 1.53. The Hall–Kier alpha value is -2.28. The lowest BCUT2D eigenvalue weighted by Crippen LogP contribution is -2.31. The molecule has 1 fully saturated rings. The molecule has 1 aliphatic rings. The summed E-state index contributed by atoms with van der Waals surface area (Å²) in [4.78, 5) is 25.3. The van der Waals surface area contributed by atoms with Gasteiger partial charge in [-0.3, -0.25) is 9.69 Å². The minimum atomic E-state index is -0.398. The zero-order valence-electron chi connectivity index (χ0n) is 13.6. The van der Waals surface area contributed by atoms with Gasteiger partial charge in [0.1, 0.15) is 12.3 Å². The van der Waals surface area contributed by atoms with Crippen molar-refractivity contribution in [3.05, 3.63) is 40.5 Å². The van der Waals surface area contributed by atoms with E-state index in [0.29, 0.717) is 41.1 Å². The molecule has 0 unspecified atom stereocenters. The molecule has 1 aromatic carbocycles. The van der Waals surface area contributed by atoms with Crippen LogP contribution in [0.2, 0.25) is 0 Å². The highest BCUT2D eigenvalue weighted by Gasteiger charge is 2.32. The lowest BCUT2D eigenvalue weighted by Gasteiger charge is -2.12. The van der Waals surface area contributed by atoms with Crippen LogP contribution >= 0.6 is 15.9 Å². The van der Waals surface area contributed by atoms with Gasteiger partial charge in [0.25, 0.3) is 5.91 Å². The van der Waals surface area contributed by atoms with Crippen molar-refractivity contribution in [3.8, 4) is 11.5 Å². The molecule has 0 radical (unpaired) electrons. The molecular weight excluding hydrogens is 376 g/mol. The van der Waals surface area contributed by atoms with Crippen LogP contribution in [0, 0.1) is 0 Å². The number of benzene rings is 1. The third-order valence-electron chi connectivity index (χ3n) is 3.32. The zero-order chi connectivity index (χ0) is 17.7. The van der Waals surface area contributed by atoms with E-state index in [2.05, 4.69) is 27.8 Å². The number of ether oxygens (including phenoxy) is 2. The zero-order valence-corrected chi connectivity index (χ0v) is 15.2. The van der Waals surface area contributed by atoms with Gasteiger partial charge in [-0.05, 0) is 46.1 Å². The number of nitrogens with zero attached hydrogens (tertiary/aromatic N) is 1. The Balaban J connectivity index is 2.33. The summed E-state index contributed by atoms with van der Waals surface area (Å²) in [6, 6.07) is 3.12. The molecule has 1 aromatic rings. The van der Waals surface area contributed by atoms with Crippen molar-refractivity contribution in [3.63, 3.8) is 0 Å². The van der Waals surface area contributed by atoms with E-state index in [4.69, 9.17) is 9.47 Å². The topological polar surface area (TPSA) is 67.9 Å². The number of halogens is 1. The fourth-order valence-corrected chi connectivity index (χ4v) is 2.84. The average molecular weight is 395 g/mol. The molecule has 3 amide bonds. The van der Waals surface area contributed by atoms with E-state index in [1.807, 2.05) is 6.92 Å². The largest absolute Gasteiger partial charge is 0.493 e. The molecule has 0 atom stereocenters. The Kier molecular flexibility index (Phi) is 6.03. The van der Waals surface area contributed by atoms with Crippen molar-refractivity contribution in [1.29, 1.82) is 0 Å². The van der Waals surface area contributed by atoms with Crippen LogP contribution in [0.5, 0.6) is 11.5 Å². The first kappa shape index (κ1) is 18.1. The predicted octanol–water partition coefficient (Wildman–Crippen LogP) is 3.33. The molecule has 6 nitrogen and oxygen atoms in total. The van der Waals surface area contributed by atoms with E-state index in [1.165, 1.54) is 12.0 Å². The van der Waals surface area contributed by atoms with Crippen LogP contribution in [-0.2, 0) is 4.79 Å². The maximum absolute atomic E-state index is 12.3. The van der Waals surface area contributed by atoms with Gasteiger partial charge in [0.2, 0.25) is 0 Å². The second-order valence-electron chi connectivity index (χ2n) is 5.08. The Morgan fingerprint density at radius 1 is 1.38 bits per heavy atom. The van der Waals surface area contributed by atoms with Gasteiger partial charge in [0.15, 0.2) is 11.5 Å². The van der Waals surface area contributed by atoms with Crippen LogP contribution in [0.15, 0.2) is 35.0 Å². The molecule has 0 spiro atoms. The summed E-state index contributed by atoms with van der Waals surface area (Å²) in [5.41, 5.74) is 0.939. The van der Waals surface area contributed by atoms with Gasteiger partial charge in [-0.1, -0.05) is 19.6 Å². The molecule has 7 heteroatoms. The van der Waals surface area contributed by atoms with Crippen molar-refractivity contribution in [2.75, 3.05) is 20.3 Å². The molecule has 24 heavy (non-hydrogen) atoms. The smallest absolute Gasteiger partial charge is 0.329 e. The minimum absolute atomic E-state index is 0.238. The minimum Gasteiger partial charge on any atom is -0.493 e. The molecule has 2 rings (SSSR count). The first-order chi connectivity index (χ1) is 11.5. The monoisotopic (exact) mass is 394 g/mol. The fraction of sp³-hybridized carbons (Fsp3) is 0.294. The molecule has 1 heterocycles. The number of urea groups is 1. The Bertz CT molecular complexity index is 700. The summed E-state index contributed by atoms with van der Waals surface area (Å²) in [5, 5.41) is 2.59. The second-order valence-corrected chi connectivity index (χ2v) is 5.93. The Morgan fingerprint density at radius 3 is 2.75 bits per heavy atom. The van der Waals surface area contributed by atoms with Crippen LogP contribution in [0.25, 0.3) is 6.08 Å². The van der Waals surface area contributed by atoms with E-state index < -0.39 is 6.03 Å². The highest BCUT2D eigenvalue weighted by Crippen LogP contribution is 2.37. The lowest BCUT2D eigenvalue weighted by atomic mass is 10.1. The number of amides is 3. The number of hydrogen-bond donors (Lipinski definition) is 1. The number of carbonyl (C=O) groups excluding carboxylic acids is 2. The summed E-state index contributed by atoms with van der Waals surface area (Å²) in [5.74, 6) is 0.734. The summed E-state index contributed by atoms with van der Waals surface area (Å²) < 4.78 is 11.6. The first-order valence-electron chi connectivity index (χ1n) is 7.47. The average Bonchev–Trinajstić information content (AvgIpc) is 2.81. The molecule has 0 saturated carbocycles. The number of nitrogens with one attached hydrogen (secondary N) is 1. The lowest BCUT2D eigenvalue weighted by molar-refractivity contribution is -0.122. The van der Waals surface area contributed by atoms with E-state index in [9.17, 15) is 9.59 Å². The van der Waals surface area contributed by atoms with Gasteiger partial charge in [0.05, 0.1) is 11.6 Å². The summed E-state index contributed by atoms with van der Waals surface area (Å²) >= 11 is 3.43. The van der Waals surface area contributed by atoms with Crippen molar-refractivity contribution >= 4 is 33.9 Å². The van der Waals surface area contributed by atoms with Crippen LogP contribution in [0.3, 0.4) is 0 Å². The van der Waals surface area contributed by atoms with Gasteiger partial charge >= 0.3 is 6.03 Å². The van der Waals surface area contributed by atoms with Gasteiger partial charge in [-0.15, -0.1) is 0 Å². The fourth-order valence-electron chi connectivity index (χ4n) is 2.27. The number of imide groups is 1. The molecular formula is C17H19BrN2O4. The molecule has 0 aromatic heterocycles. The second kappa shape index (κ2) is 8.01. The molecule has 0 aliphatic carbocycles. The Morgan fingerprint density at radius 2 is 2.12 bits per heavy atom. The maximum Gasteiger partial charge on any atom is 0.329 e. The Labute approximate surface area is 149 Å². The van der Waals surface area contributed by atoms with Crippen LogP contribution in [0.4, 0.5) is 4.79 Å². The summed E-state index contributed by atoms with van der Waals surface area (Å²) in [6.45, 7) is 6.26. The highest BCUT2D eigenvalue weighted by atomic mass is 79.9. The van der Waals surface area contributed by atoms with E-state index in [0.717, 1.165) is 0 Å². The quantitative estimate of drug-likeness (QED) is 0.437. The van der Waals surface area contributed by atoms with Crippen molar-refractivity contribution in [1.82, 2.24) is 10.2 Å². The van der Waals surface area contributed by atoms with Crippen molar-refractivity contribution in [2.24, 2.45) is 0 Å². The standard InChI is InChI=1S/C17H19BrN2O4/c1-4-6-20-16(21)13(19-17(20)22)9-11-8-12(18)15(24-7-5-2)14(10-11)23-3/h5,8-10H,2,4,6-7H2,1,3H3,(H,19,22)/b13-9+. The van der Waals surface area contributed by atoms with E-state index >= 15 is 0 Å². The van der Waals surface area contributed by atoms with Crippen LogP contribution in [-0.4, -0.2) is 37.1 Å². The highest BCUT2D eigenvalue weighted by molar-refractivity contribution is 9.10. The van der Waals surface area contributed by atoms with Gasteiger partial charge in [0, 0.05) is 6.54 Å². The maximum atomic E-state index is 12.3. The first-order valence-corrected chi connectivity index (χ1v) is 8.26. The van der Waals surface area contributed by atoms with E-state index in [-0.39, 0.29) is 11.6 Å². The van der Waals surface area contributed by atoms with Crippen molar-refractivity contribution in [2.45, 2.75) is 13.3 Å². The van der Waals surface area contributed by atoms with Gasteiger partial charge < -0.3 is 14.8 Å². The molecule has 0 bridgehead atoms. The third-order valence-corrected chi connectivity index (χ3v) is 3.91. The predicted molar refractivity (Wildman–Crippen MR) is 94.9 cm³/mol. The number of carbonyl (C=O) groups is 2. The van der Waals surface area contributed by atoms with Crippen LogP contribution < -0.4 is 14.8 Å². The summed E-state index contributed by atoms with van der Waals surface area (Å²) in [6.07, 6.45) is 3.96. The normalized spacial score (nSPS) is 15.6. The molecule has 1 aliphatic heterocycles. The molecule has 128 valence electrons. The number of methoxy groups -OCH3 is 1. The van der Waals surface area contributed by atoms with E-state index in [1.54, 1.807) is 24.3 Å². The SMILES string of the molecule is C=CCOc1c(Br)cc(/C=C2/NC(=O)N(CCC)C2=O)cc1OC. The number of hydrogen-bond acceptors (Lipinski definition) is 4.